The van der Waals surface area contributed by atoms with Gasteiger partial charge in [-0.3, -0.25) is 9.36 Å². The molecule has 0 radical (unpaired) electrons. The number of amides is 2. The maximum Gasteiger partial charge on any atom is 0.408 e. The van der Waals surface area contributed by atoms with E-state index in [0.29, 0.717) is 0 Å². The Morgan fingerprint density at radius 3 is 2.00 bits per heavy atom. The van der Waals surface area contributed by atoms with Gasteiger partial charge in [-0.15, -0.1) is 0 Å². The normalized spacial score (nSPS) is 13.3. The van der Waals surface area contributed by atoms with E-state index in [1.807, 2.05) is 24.3 Å². The quantitative estimate of drug-likeness (QED) is 0.414. The number of carbonyl (C=O) groups is 2. The topological polar surface area (TPSA) is 125 Å². The number of rotatable bonds is 10. The molecule has 0 spiro atoms. The lowest BCUT2D eigenvalue weighted by atomic mass is 10.1. The summed E-state index contributed by atoms with van der Waals surface area (Å²) in [6.07, 6.45) is -0.550. The zero-order valence-electron chi connectivity index (χ0n) is 17.6. The van der Waals surface area contributed by atoms with Crippen molar-refractivity contribution in [2.75, 3.05) is 0 Å². The average Bonchev–Trinajstić information content (AvgIpc) is 2.72. The average molecular weight is 448 g/mol. The van der Waals surface area contributed by atoms with E-state index in [0.717, 1.165) is 11.1 Å². The van der Waals surface area contributed by atoms with E-state index in [4.69, 9.17) is 4.74 Å². The molecule has 0 aliphatic rings. The molecule has 0 aliphatic carbocycles. The summed E-state index contributed by atoms with van der Waals surface area (Å²) in [6, 6.07) is 17.0. The first-order valence-electron chi connectivity index (χ1n) is 10.0. The Morgan fingerprint density at radius 1 is 0.935 bits per heavy atom. The highest BCUT2D eigenvalue weighted by atomic mass is 31.2. The first kappa shape index (κ1) is 24.6. The lowest BCUT2D eigenvalue weighted by Crippen LogP contribution is -2.51. The van der Waals surface area contributed by atoms with Gasteiger partial charge in [-0.05, 0) is 23.5 Å². The Balaban J connectivity index is 2.10. The Morgan fingerprint density at radius 2 is 1.48 bits per heavy atom. The van der Waals surface area contributed by atoms with Gasteiger partial charge in [0, 0.05) is 6.42 Å². The van der Waals surface area contributed by atoms with Crippen LogP contribution in [-0.4, -0.2) is 33.6 Å². The highest BCUT2D eigenvalue weighted by Crippen LogP contribution is 2.42. The molecule has 2 unspecified atom stereocenters. The molecular formula is C22H29N2O6P. The predicted molar refractivity (Wildman–Crippen MR) is 117 cm³/mol. The molecule has 2 aromatic rings. The van der Waals surface area contributed by atoms with Gasteiger partial charge in [0.2, 0.25) is 5.91 Å². The van der Waals surface area contributed by atoms with Crippen molar-refractivity contribution in [3.8, 4) is 0 Å². The standard InChI is InChI=1S/C22H29N2O6P/c1-16(2)13-20(31(27,28)29)24-21(25)19(14-17-9-5-3-6-10-17)23-22(26)30-15-18-11-7-4-8-12-18/h3-12,16,19-20H,13-15H2,1-2H3,(H,23,26)(H,24,25)(H2,27,28,29). The van der Waals surface area contributed by atoms with E-state index in [1.54, 1.807) is 50.2 Å². The second-order valence-electron chi connectivity index (χ2n) is 7.69. The van der Waals surface area contributed by atoms with Crippen molar-refractivity contribution < 1.29 is 28.7 Å². The molecule has 2 aromatic carbocycles. The minimum atomic E-state index is -4.57. The van der Waals surface area contributed by atoms with Gasteiger partial charge in [0.1, 0.15) is 18.4 Å². The molecule has 4 N–H and O–H groups in total. The van der Waals surface area contributed by atoms with Crippen LogP contribution in [0.15, 0.2) is 60.7 Å². The lowest BCUT2D eigenvalue weighted by Gasteiger charge is -2.25. The van der Waals surface area contributed by atoms with E-state index in [1.165, 1.54) is 0 Å². The van der Waals surface area contributed by atoms with Crippen LogP contribution in [0.3, 0.4) is 0 Å². The van der Waals surface area contributed by atoms with Gasteiger partial charge in [0.15, 0.2) is 0 Å². The smallest absolute Gasteiger partial charge is 0.408 e. The number of alkyl carbamates (subject to hydrolysis) is 1. The summed E-state index contributed by atoms with van der Waals surface area (Å²) in [5.74, 6) is -2.07. The van der Waals surface area contributed by atoms with Gasteiger partial charge in [-0.25, -0.2) is 4.79 Å². The van der Waals surface area contributed by atoms with Crippen molar-refractivity contribution in [1.29, 1.82) is 0 Å². The maximum absolute atomic E-state index is 12.9. The van der Waals surface area contributed by atoms with E-state index in [-0.39, 0.29) is 25.4 Å². The number of nitrogens with one attached hydrogen (secondary N) is 2. The van der Waals surface area contributed by atoms with Gasteiger partial charge >= 0.3 is 13.7 Å². The van der Waals surface area contributed by atoms with Crippen molar-refractivity contribution >= 4 is 19.6 Å². The Bertz CT molecular complexity index is 885. The molecule has 0 bridgehead atoms. The largest absolute Gasteiger partial charge is 0.445 e. The Hall–Kier alpha value is -2.67. The van der Waals surface area contributed by atoms with Gasteiger partial charge in [0.25, 0.3) is 0 Å². The molecule has 8 nitrogen and oxygen atoms in total. The van der Waals surface area contributed by atoms with Crippen molar-refractivity contribution in [1.82, 2.24) is 10.6 Å². The summed E-state index contributed by atoms with van der Waals surface area (Å²) >= 11 is 0. The molecule has 168 valence electrons. The molecule has 2 rings (SSSR count). The van der Waals surface area contributed by atoms with Crippen molar-refractivity contribution in [3.63, 3.8) is 0 Å². The third-order valence-corrected chi connectivity index (χ3v) is 5.67. The summed E-state index contributed by atoms with van der Waals surface area (Å²) in [7, 11) is -4.57. The summed E-state index contributed by atoms with van der Waals surface area (Å²) in [6.45, 7) is 3.63. The van der Waals surface area contributed by atoms with Crippen molar-refractivity contribution in [2.24, 2.45) is 5.92 Å². The zero-order chi connectivity index (χ0) is 22.9. The van der Waals surface area contributed by atoms with Crippen LogP contribution in [0, 0.1) is 5.92 Å². The van der Waals surface area contributed by atoms with Crippen LogP contribution < -0.4 is 10.6 Å². The van der Waals surface area contributed by atoms with E-state index in [9.17, 15) is 23.9 Å². The van der Waals surface area contributed by atoms with Crippen LogP contribution in [0.1, 0.15) is 31.4 Å². The molecule has 0 saturated heterocycles. The molecule has 2 atom stereocenters. The highest BCUT2D eigenvalue weighted by molar-refractivity contribution is 7.52. The summed E-state index contributed by atoms with van der Waals surface area (Å²) in [5.41, 5.74) is 1.57. The number of ether oxygens (including phenoxy) is 1. The minimum absolute atomic E-state index is 0.0325. The number of hydrogen-bond acceptors (Lipinski definition) is 4. The summed E-state index contributed by atoms with van der Waals surface area (Å²) < 4.78 is 17.0. The highest BCUT2D eigenvalue weighted by Gasteiger charge is 2.33. The third-order valence-electron chi connectivity index (χ3n) is 4.51. The number of carbonyl (C=O) groups excluding carboxylic acids is 2. The van der Waals surface area contributed by atoms with Gasteiger partial charge < -0.3 is 25.2 Å². The fourth-order valence-corrected chi connectivity index (χ4v) is 3.95. The van der Waals surface area contributed by atoms with Crippen LogP contribution in [0.25, 0.3) is 0 Å². The number of hydrogen-bond donors (Lipinski definition) is 4. The molecule has 31 heavy (non-hydrogen) atoms. The minimum Gasteiger partial charge on any atom is -0.445 e. The van der Waals surface area contributed by atoms with Gasteiger partial charge in [-0.2, -0.15) is 0 Å². The van der Waals surface area contributed by atoms with E-state index in [2.05, 4.69) is 10.6 Å². The summed E-state index contributed by atoms with van der Waals surface area (Å²) in [4.78, 5) is 44.4. The summed E-state index contributed by atoms with van der Waals surface area (Å²) in [5, 5.41) is 4.93. The van der Waals surface area contributed by atoms with Crippen molar-refractivity contribution in [2.45, 2.75) is 45.1 Å². The monoisotopic (exact) mass is 448 g/mol. The van der Waals surface area contributed by atoms with Gasteiger partial charge in [0.05, 0.1) is 0 Å². The molecule has 0 fully saturated rings. The predicted octanol–water partition coefficient (Wildman–Crippen LogP) is 3.19. The lowest BCUT2D eigenvalue weighted by molar-refractivity contribution is -0.123. The van der Waals surface area contributed by atoms with Crippen LogP contribution in [-0.2, 0) is 27.1 Å². The molecular weight excluding hydrogens is 419 g/mol. The SMILES string of the molecule is CC(C)CC(NC(=O)C(Cc1ccccc1)NC(=O)OCc1ccccc1)P(=O)(O)O. The third kappa shape index (κ3) is 8.92. The molecule has 0 aromatic heterocycles. The molecule has 9 heteroatoms. The molecule has 0 saturated carbocycles. The molecule has 0 aliphatic heterocycles. The van der Waals surface area contributed by atoms with Crippen molar-refractivity contribution in [3.05, 3.63) is 71.8 Å². The van der Waals surface area contributed by atoms with E-state index >= 15 is 0 Å². The first-order valence-corrected chi connectivity index (χ1v) is 11.7. The molecule has 0 heterocycles. The van der Waals surface area contributed by atoms with Gasteiger partial charge in [-0.1, -0.05) is 74.5 Å². The first-order chi connectivity index (χ1) is 14.6. The second-order valence-corrected chi connectivity index (χ2v) is 9.49. The Kier molecular flexibility index (Phi) is 9.24. The fourth-order valence-electron chi connectivity index (χ4n) is 2.96. The zero-order valence-corrected chi connectivity index (χ0v) is 18.5. The van der Waals surface area contributed by atoms with Crippen LogP contribution >= 0.6 is 7.60 Å². The van der Waals surface area contributed by atoms with E-state index < -0.39 is 31.4 Å². The number of benzene rings is 2. The maximum atomic E-state index is 12.9. The Labute approximate surface area is 182 Å². The second kappa shape index (κ2) is 11.6. The van der Waals surface area contributed by atoms with Crippen LogP contribution in [0.4, 0.5) is 4.79 Å². The van der Waals surface area contributed by atoms with Crippen LogP contribution in [0.5, 0.6) is 0 Å². The molecule has 2 amide bonds. The van der Waals surface area contributed by atoms with Crippen LogP contribution in [0.2, 0.25) is 0 Å². The fraction of sp³-hybridized carbons (Fsp3) is 0.364.